The highest BCUT2D eigenvalue weighted by Crippen LogP contribution is 2.44. The Morgan fingerprint density at radius 2 is 1.97 bits per heavy atom. The first-order chi connectivity index (χ1) is 13.9. The number of unbranched alkanes of at least 4 members (excludes halogenated alkanes) is 2. The van der Waals surface area contributed by atoms with Gasteiger partial charge < -0.3 is 14.7 Å². The predicted molar refractivity (Wildman–Crippen MR) is 113 cm³/mol. The van der Waals surface area contributed by atoms with Crippen molar-refractivity contribution in [2.75, 3.05) is 11.5 Å². The summed E-state index contributed by atoms with van der Waals surface area (Å²) < 4.78 is 5.93. The molecule has 1 aliphatic rings. The second-order valence-corrected chi connectivity index (χ2v) is 7.89. The van der Waals surface area contributed by atoms with Gasteiger partial charge in [-0.05, 0) is 37.6 Å². The average molecular weight is 416 g/mol. The topological polar surface area (TPSA) is 66.8 Å². The Morgan fingerprint density at radius 1 is 1.21 bits per heavy atom. The fourth-order valence-corrected chi connectivity index (χ4v) is 3.86. The molecule has 3 rings (SSSR count). The number of benzene rings is 2. The number of halogens is 1. The van der Waals surface area contributed by atoms with Gasteiger partial charge in [0.2, 0.25) is 0 Å². The highest BCUT2D eigenvalue weighted by molar-refractivity contribution is 6.31. The number of fused-ring (bicyclic) bond motifs is 1. The maximum absolute atomic E-state index is 13.2. The summed E-state index contributed by atoms with van der Waals surface area (Å²) in [7, 11) is 0. The number of rotatable bonds is 9. The summed E-state index contributed by atoms with van der Waals surface area (Å²) >= 11 is 6.11. The molecule has 1 aliphatic heterocycles. The van der Waals surface area contributed by atoms with Gasteiger partial charge in [-0.15, -0.1) is 0 Å². The molecular formula is C23H26ClNO4. The van der Waals surface area contributed by atoms with Crippen LogP contribution in [-0.4, -0.2) is 23.4 Å². The Bertz CT molecular complexity index is 914. The third-order valence-corrected chi connectivity index (χ3v) is 5.34. The minimum Gasteiger partial charge on any atom is -0.493 e. The van der Waals surface area contributed by atoms with E-state index in [0.717, 1.165) is 24.8 Å². The Morgan fingerprint density at radius 3 is 2.69 bits per heavy atom. The van der Waals surface area contributed by atoms with Crippen LogP contribution in [0.1, 0.15) is 50.7 Å². The van der Waals surface area contributed by atoms with E-state index in [-0.39, 0.29) is 18.7 Å². The number of amides is 1. The summed E-state index contributed by atoms with van der Waals surface area (Å²) in [5.74, 6) is -0.0760. The zero-order valence-corrected chi connectivity index (χ0v) is 17.5. The van der Waals surface area contributed by atoms with Gasteiger partial charge >= 0.3 is 0 Å². The number of anilines is 1. The molecule has 1 atom stereocenters. The smallest absolute Gasteiger partial charge is 0.264 e. The molecule has 2 aromatic rings. The molecule has 5 nitrogen and oxygen atoms in total. The molecule has 1 amide bonds. The highest BCUT2D eigenvalue weighted by Gasteiger charge is 2.50. The number of ketones is 1. The fourth-order valence-electron chi connectivity index (χ4n) is 3.69. The van der Waals surface area contributed by atoms with E-state index in [1.165, 1.54) is 11.8 Å². The molecule has 1 N–H and O–H groups in total. The summed E-state index contributed by atoms with van der Waals surface area (Å²) in [5, 5.41) is 11.5. The number of hydrogen-bond acceptors (Lipinski definition) is 4. The standard InChI is InChI=1S/C23H26ClNO4/c1-3-4-7-12-29-21-9-6-5-8-17(21)15-25-20-11-10-18(24)13-19(20)23(28,22(25)27)14-16(2)26/h5-6,8-11,13,28H,3-4,7,12,14-15H2,1-2H3. The van der Waals surface area contributed by atoms with Crippen LogP contribution in [0, 0.1) is 0 Å². The van der Waals surface area contributed by atoms with Crippen molar-refractivity contribution in [3.8, 4) is 5.75 Å². The lowest BCUT2D eigenvalue weighted by Crippen LogP contribution is -2.41. The molecule has 6 heteroatoms. The number of nitrogens with zero attached hydrogens (tertiary/aromatic N) is 1. The molecule has 0 bridgehead atoms. The predicted octanol–water partition coefficient (Wildman–Crippen LogP) is 4.62. The lowest BCUT2D eigenvalue weighted by Gasteiger charge is -2.23. The number of ether oxygens (including phenoxy) is 1. The SMILES string of the molecule is CCCCCOc1ccccc1CN1C(=O)C(O)(CC(C)=O)c2cc(Cl)ccc21. The van der Waals surface area contributed by atoms with Crippen molar-refractivity contribution in [3.63, 3.8) is 0 Å². The van der Waals surface area contributed by atoms with Gasteiger partial charge in [-0.2, -0.15) is 0 Å². The van der Waals surface area contributed by atoms with E-state index in [1.54, 1.807) is 18.2 Å². The Kier molecular flexibility index (Phi) is 6.60. The van der Waals surface area contributed by atoms with E-state index in [0.29, 0.717) is 28.6 Å². The van der Waals surface area contributed by atoms with Crippen LogP contribution in [-0.2, 0) is 21.7 Å². The van der Waals surface area contributed by atoms with Crippen molar-refractivity contribution < 1.29 is 19.4 Å². The van der Waals surface area contributed by atoms with Gasteiger partial charge in [-0.1, -0.05) is 49.6 Å². The number of hydrogen-bond donors (Lipinski definition) is 1. The van der Waals surface area contributed by atoms with Crippen LogP contribution in [0.4, 0.5) is 5.69 Å². The van der Waals surface area contributed by atoms with E-state index in [2.05, 4.69) is 6.92 Å². The van der Waals surface area contributed by atoms with Crippen LogP contribution in [0.25, 0.3) is 0 Å². The molecule has 2 aromatic carbocycles. The molecule has 0 aliphatic carbocycles. The molecule has 1 heterocycles. The first-order valence-corrected chi connectivity index (χ1v) is 10.3. The van der Waals surface area contributed by atoms with Gasteiger partial charge in [0.15, 0.2) is 5.60 Å². The van der Waals surface area contributed by atoms with E-state index >= 15 is 0 Å². The molecule has 29 heavy (non-hydrogen) atoms. The van der Waals surface area contributed by atoms with E-state index in [4.69, 9.17) is 16.3 Å². The molecule has 0 saturated heterocycles. The van der Waals surface area contributed by atoms with Crippen molar-refractivity contribution in [1.82, 2.24) is 0 Å². The quantitative estimate of drug-likeness (QED) is 0.606. The largest absolute Gasteiger partial charge is 0.493 e. The molecule has 0 spiro atoms. The first-order valence-electron chi connectivity index (χ1n) is 9.91. The van der Waals surface area contributed by atoms with E-state index < -0.39 is 11.5 Å². The zero-order valence-electron chi connectivity index (χ0n) is 16.8. The molecule has 154 valence electrons. The second-order valence-electron chi connectivity index (χ2n) is 7.46. The van der Waals surface area contributed by atoms with E-state index in [1.807, 2.05) is 24.3 Å². The molecule has 0 aromatic heterocycles. The van der Waals surface area contributed by atoms with Crippen molar-refractivity contribution in [3.05, 3.63) is 58.6 Å². The van der Waals surface area contributed by atoms with Gasteiger partial charge in [0, 0.05) is 22.6 Å². The van der Waals surface area contributed by atoms with Crippen LogP contribution in [0.15, 0.2) is 42.5 Å². The van der Waals surface area contributed by atoms with Gasteiger partial charge in [0.05, 0.1) is 18.8 Å². The summed E-state index contributed by atoms with van der Waals surface area (Å²) in [4.78, 5) is 26.4. The number of carbonyl (C=O) groups excluding carboxylic acids is 2. The Balaban J connectivity index is 1.91. The lowest BCUT2D eigenvalue weighted by molar-refractivity contribution is -0.141. The lowest BCUT2D eigenvalue weighted by atomic mass is 9.90. The maximum atomic E-state index is 13.2. The van der Waals surface area contributed by atoms with Crippen molar-refractivity contribution in [1.29, 1.82) is 0 Å². The maximum Gasteiger partial charge on any atom is 0.264 e. The molecule has 0 fully saturated rings. The van der Waals surface area contributed by atoms with Crippen LogP contribution in [0.5, 0.6) is 5.75 Å². The third kappa shape index (κ3) is 4.46. The second kappa shape index (κ2) is 8.97. The van der Waals surface area contributed by atoms with Crippen LogP contribution in [0.2, 0.25) is 5.02 Å². The van der Waals surface area contributed by atoms with Crippen molar-refractivity contribution >= 4 is 29.0 Å². The van der Waals surface area contributed by atoms with Gasteiger partial charge in [-0.3, -0.25) is 9.59 Å². The summed E-state index contributed by atoms with van der Waals surface area (Å²) in [6.45, 7) is 4.34. The first kappa shape index (κ1) is 21.3. The minimum absolute atomic E-state index is 0.234. The fraction of sp³-hybridized carbons (Fsp3) is 0.391. The van der Waals surface area contributed by atoms with Crippen LogP contribution >= 0.6 is 11.6 Å². The third-order valence-electron chi connectivity index (χ3n) is 5.11. The van der Waals surface area contributed by atoms with Crippen LogP contribution in [0.3, 0.4) is 0 Å². The Labute approximate surface area is 176 Å². The van der Waals surface area contributed by atoms with Gasteiger partial charge in [-0.25, -0.2) is 0 Å². The monoisotopic (exact) mass is 415 g/mol. The zero-order chi connectivity index (χ0) is 21.0. The number of aliphatic hydroxyl groups is 1. The summed E-state index contributed by atoms with van der Waals surface area (Å²) in [6.07, 6.45) is 2.89. The molecule has 0 radical (unpaired) electrons. The van der Waals surface area contributed by atoms with Gasteiger partial charge in [0.25, 0.3) is 5.91 Å². The average Bonchev–Trinajstić information content (AvgIpc) is 2.87. The molecule has 1 unspecified atom stereocenters. The minimum atomic E-state index is -1.90. The van der Waals surface area contributed by atoms with Crippen molar-refractivity contribution in [2.24, 2.45) is 0 Å². The highest BCUT2D eigenvalue weighted by atomic mass is 35.5. The molecule has 0 saturated carbocycles. The number of Topliss-reactive ketones (excluding diaryl/α,β-unsaturated/α-hetero) is 1. The number of para-hydroxylation sites is 1. The van der Waals surface area contributed by atoms with Crippen LogP contribution < -0.4 is 9.64 Å². The summed E-state index contributed by atoms with van der Waals surface area (Å²) in [5.41, 5.74) is -0.135. The Hall–Kier alpha value is -2.37. The van der Waals surface area contributed by atoms with Crippen molar-refractivity contribution in [2.45, 2.75) is 51.7 Å². The summed E-state index contributed by atoms with van der Waals surface area (Å²) in [6, 6.07) is 12.5. The number of carbonyl (C=O) groups is 2. The normalized spacial score (nSPS) is 18.1. The van der Waals surface area contributed by atoms with E-state index in [9.17, 15) is 14.7 Å². The van der Waals surface area contributed by atoms with Gasteiger partial charge in [0.1, 0.15) is 11.5 Å². The molecular weight excluding hydrogens is 390 g/mol.